The van der Waals surface area contributed by atoms with Crippen molar-refractivity contribution in [3.05, 3.63) is 28.5 Å². The maximum Gasteiger partial charge on any atom is 0.328 e. The largest absolute Gasteiger partial charge is 0.480 e. The minimum atomic E-state index is -1.10. The van der Waals surface area contributed by atoms with Crippen LogP contribution in [0.5, 0.6) is 0 Å². The fourth-order valence-electron chi connectivity index (χ4n) is 1.41. The Hall–Kier alpha value is -1.83. The normalized spacial score (nSPS) is 12.4. The summed E-state index contributed by atoms with van der Waals surface area (Å²) in [6, 6.07) is 3.40. The Balaban J connectivity index is 2.52. The van der Waals surface area contributed by atoms with Gasteiger partial charge in [0.25, 0.3) is 0 Å². The molecule has 0 radical (unpaired) electrons. The molecule has 1 atom stereocenters. The van der Waals surface area contributed by atoms with Crippen LogP contribution in [0, 0.1) is 5.82 Å². The van der Waals surface area contributed by atoms with Crippen molar-refractivity contribution in [2.45, 2.75) is 13.0 Å². The van der Waals surface area contributed by atoms with Crippen LogP contribution in [-0.4, -0.2) is 31.3 Å². The van der Waals surface area contributed by atoms with E-state index in [0.717, 1.165) is 4.68 Å². The molecular weight excluding hydrogens is 307 g/mol. The standard InChI is InChI=1S/C10H8BrFN4O2/c1-5(10(17)18)16-9(13-14-15-16)7-3-2-6(11)4-8(7)12/h2-5H,1H3,(H,17,18). The average Bonchev–Trinajstić information content (AvgIpc) is 2.76. The zero-order valence-electron chi connectivity index (χ0n) is 9.21. The van der Waals surface area contributed by atoms with Crippen LogP contribution in [0.25, 0.3) is 11.4 Å². The molecule has 1 N–H and O–H groups in total. The van der Waals surface area contributed by atoms with E-state index in [1.54, 1.807) is 6.07 Å². The van der Waals surface area contributed by atoms with Gasteiger partial charge in [-0.1, -0.05) is 15.9 Å². The highest BCUT2D eigenvalue weighted by molar-refractivity contribution is 9.10. The summed E-state index contributed by atoms with van der Waals surface area (Å²) in [5, 5.41) is 19.5. The van der Waals surface area contributed by atoms with Gasteiger partial charge in [0, 0.05) is 4.47 Å². The second-order valence-corrected chi connectivity index (χ2v) is 4.50. The van der Waals surface area contributed by atoms with Gasteiger partial charge in [-0.05, 0) is 35.5 Å². The van der Waals surface area contributed by atoms with Crippen LogP contribution in [0.4, 0.5) is 4.39 Å². The number of halogens is 2. The van der Waals surface area contributed by atoms with E-state index in [-0.39, 0.29) is 11.4 Å². The van der Waals surface area contributed by atoms with Gasteiger partial charge in [0.15, 0.2) is 11.9 Å². The van der Waals surface area contributed by atoms with Gasteiger partial charge in [-0.2, -0.15) is 0 Å². The molecule has 94 valence electrons. The van der Waals surface area contributed by atoms with Crippen molar-refractivity contribution in [2.75, 3.05) is 0 Å². The van der Waals surface area contributed by atoms with Gasteiger partial charge in [0.2, 0.25) is 0 Å². The number of hydrogen-bond donors (Lipinski definition) is 1. The molecular formula is C10H8BrFN4O2. The number of carboxylic acids is 1. The number of nitrogens with zero attached hydrogens (tertiary/aromatic N) is 4. The minimum absolute atomic E-state index is 0.0786. The van der Waals surface area contributed by atoms with E-state index < -0.39 is 17.8 Å². The van der Waals surface area contributed by atoms with Gasteiger partial charge in [-0.25, -0.2) is 13.9 Å². The first-order valence-corrected chi connectivity index (χ1v) is 5.76. The molecule has 0 aliphatic heterocycles. The number of tetrazole rings is 1. The summed E-state index contributed by atoms with van der Waals surface area (Å²) in [5.74, 6) is -1.55. The van der Waals surface area contributed by atoms with Crippen LogP contribution < -0.4 is 0 Å². The third-order valence-corrected chi connectivity index (χ3v) is 2.88. The lowest BCUT2D eigenvalue weighted by atomic mass is 10.2. The molecule has 0 bridgehead atoms. The molecule has 2 aromatic rings. The summed E-state index contributed by atoms with van der Waals surface area (Å²) in [4.78, 5) is 10.9. The Morgan fingerprint density at radius 2 is 2.28 bits per heavy atom. The SMILES string of the molecule is CC(C(=O)O)n1nnnc1-c1ccc(Br)cc1F. The maximum atomic E-state index is 13.8. The van der Waals surface area contributed by atoms with Crippen LogP contribution in [0.15, 0.2) is 22.7 Å². The number of carboxylic acid groups (broad SMARTS) is 1. The Bertz CT molecular complexity index is 601. The van der Waals surface area contributed by atoms with E-state index >= 15 is 0 Å². The van der Waals surface area contributed by atoms with E-state index in [9.17, 15) is 9.18 Å². The molecule has 1 heterocycles. The molecule has 1 aromatic heterocycles. The van der Waals surface area contributed by atoms with Crippen molar-refractivity contribution in [2.24, 2.45) is 0 Å². The van der Waals surface area contributed by atoms with E-state index in [2.05, 4.69) is 31.5 Å². The number of aliphatic carboxylic acids is 1. The number of rotatable bonds is 3. The summed E-state index contributed by atoms with van der Waals surface area (Å²) in [5.41, 5.74) is 0.149. The molecule has 0 saturated heterocycles. The van der Waals surface area contributed by atoms with E-state index in [0.29, 0.717) is 4.47 Å². The summed E-state index contributed by atoms with van der Waals surface area (Å²) < 4.78 is 15.4. The Kier molecular flexibility index (Phi) is 3.37. The summed E-state index contributed by atoms with van der Waals surface area (Å²) in [7, 11) is 0. The summed E-state index contributed by atoms with van der Waals surface area (Å²) in [6.45, 7) is 1.42. The summed E-state index contributed by atoms with van der Waals surface area (Å²) >= 11 is 3.14. The fourth-order valence-corrected chi connectivity index (χ4v) is 1.74. The highest BCUT2D eigenvalue weighted by atomic mass is 79.9. The van der Waals surface area contributed by atoms with Crippen LogP contribution in [0.3, 0.4) is 0 Å². The Morgan fingerprint density at radius 1 is 1.56 bits per heavy atom. The molecule has 0 spiro atoms. The molecule has 18 heavy (non-hydrogen) atoms. The lowest BCUT2D eigenvalue weighted by Gasteiger charge is -2.09. The molecule has 0 aliphatic carbocycles. The third-order valence-electron chi connectivity index (χ3n) is 2.39. The predicted octanol–water partition coefficient (Wildman–Crippen LogP) is 1.89. The maximum absolute atomic E-state index is 13.8. The average molecular weight is 315 g/mol. The minimum Gasteiger partial charge on any atom is -0.480 e. The van der Waals surface area contributed by atoms with Crippen molar-refractivity contribution >= 4 is 21.9 Å². The van der Waals surface area contributed by atoms with Crippen molar-refractivity contribution < 1.29 is 14.3 Å². The van der Waals surface area contributed by atoms with E-state index in [1.807, 2.05) is 0 Å². The molecule has 2 rings (SSSR count). The second-order valence-electron chi connectivity index (χ2n) is 3.59. The lowest BCUT2D eigenvalue weighted by molar-refractivity contribution is -0.140. The zero-order valence-corrected chi connectivity index (χ0v) is 10.8. The van der Waals surface area contributed by atoms with Crippen molar-refractivity contribution in [1.82, 2.24) is 20.2 Å². The number of aromatic nitrogens is 4. The third kappa shape index (κ3) is 2.23. The van der Waals surface area contributed by atoms with Crippen LogP contribution in [0.2, 0.25) is 0 Å². The predicted molar refractivity (Wildman–Crippen MR) is 63.3 cm³/mol. The molecule has 1 unspecified atom stereocenters. The lowest BCUT2D eigenvalue weighted by Crippen LogP contribution is -2.18. The van der Waals surface area contributed by atoms with Crippen molar-refractivity contribution in [3.8, 4) is 11.4 Å². The van der Waals surface area contributed by atoms with Gasteiger partial charge < -0.3 is 5.11 Å². The van der Waals surface area contributed by atoms with Gasteiger partial charge in [-0.15, -0.1) is 5.10 Å². The first-order chi connectivity index (χ1) is 8.50. The summed E-state index contributed by atoms with van der Waals surface area (Å²) in [6.07, 6.45) is 0. The van der Waals surface area contributed by atoms with Crippen molar-refractivity contribution in [3.63, 3.8) is 0 Å². The highest BCUT2D eigenvalue weighted by Gasteiger charge is 2.21. The molecule has 0 aliphatic rings. The molecule has 1 aromatic carbocycles. The molecule has 8 heteroatoms. The van der Waals surface area contributed by atoms with Gasteiger partial charge in [0.05, 0.1) is 5.56 Å². The Morgan fingerprint density at radius 3 is 2.89 bits per heavy atom. The van der Waals surface area contributed by atoms with E-state index in [4.69, 9.17) is 5.11 Å². The van der Waals surface area contributed by atoms with Gasteiger partial charge >= 0.3 is 5.97 Å². The first-order valence-electron chi connectivity index (χ1n) is 4.97. The molecule has 0 fully saturated rings. The Labute approximate surface area is 110 Å². The molecule has 6 nitrogen and oxygen atoms in total. The van der Waals surface area contributed by atoms with Crippen LogP contribution in [0.1, 0.15) is 13.0 Å². The van der Waals surface area contributed by atoms with E-state index in [1.165, 1.54) is 19.1 Å². The monoisotopic (exact) mass is 314 g/mol. The first kappa shape index (κ1) is 12.6. The van der Waals surface area contributed by atoms with Crippen LogP contribution >= 0.6 is 15.9 Å². The fraction of sp³-hybridized carbons (Fsp3) is 0.200. The number of carbonyl (C=O) groups is 1. The highest BCUT2D eigenvalue weighted by Crippen LogP contribution is 2.24. The zero-order chi connectivity index (χ0) is 13.3. The molecule has 0 amide bonds. The van der Waals surface area contributed by atoms with Crippen molar-refractivity contribution in [1.29, 1.82) is 0 Å². The smallest absolute Gasteiger partial charge is 0.328 e. The van der Waals surface area contributed by atoms with Gasteiger partial charge in [-0.3, -0.25) is 0 Å². The number of hydrogen-bond acceptors (Lipinski definition) is 4. The molecule has 0 saturated carbocycles. The quantitative estimate of drug-likeness (QED) is 0.935. The van der Waals surface area contributed by atoms with Gasteiger partial charge in [0.1, 0.15) is 5.82 Å². The number of benzene rings is 1. The topological polar surface area (TPSA) is 80.9 Å². The van der Waals surface area contributed by atoms with Crippen LogP contribution in [-0.2, 0) is 4.79 Å². The second kappa shape index (κ2) is 4.81.